The van der Waals surface area contributed by atoms with Crippen molar-refractivity contribution in [3.63, 3.8) is 0 Å². The van der Waals surface area contributed by atoms with Gasteiger partial charge in [0.05, 0.1) is 16.8 Å². The minimum absolute atomic E-state index is 0.168. The van der Waals surface area contributed by atoms with Crippen molar-refractivity contribution in [1.29, 1.82) is 0 Å². The SMILES string of the molecule is CCC(=O)C1(c2ccccc2)CCN(Cc2c(Cl)c(=O)n(-c3ccc(F)cc3)n2C)CC1. The van der Waals surface area contributed by atoms with Crippen LogP contribution in [0.15, 0.2) is 59.4 Å². The number of nitrogens with zero attached hydrogens (tertiary/aromatic N) is 3. The number of carbonyl (C=O) groups is 1. The van der Waals surface area contributed by atoms with Crippen LogP contribution in [0.3, 0.4) is 0 Å². The van der Waals surface area contributed by atoms with Crippen LogP contribution in [0.1, 0.15) is 37.4 Å². The van der Waals surface area contributed by atoms with Gasteiger partial charge in [0.15, 0.2) is 0 Å². The first kappa shape index (κ1) is 22.5. The molecule has 2 heterocycles. The van der Waals surface area contributed by atoms with E-state index in [1.54, 1.807) is 23.9 Å². The molecule has 0 unspecified atom stereocenters. The second-order valence-corrected chi connectivity index (χ2v) is 8.76. The lowest BCUT2D eigenvalue weighted by Gasteiger charge is -2.41. The van der Waals surface area contributed by atoms with Crippen LogP contribution in [-0.2, 0) is 23.8 Å². The van der Waals surface area contributed by atoms with Crippen molar-refractivity contribution >= 4 is 17.4 Å². The highest BCUT2D eigenvalue weighted by atomic mass is 35.5. The van der Waals surface area contributed by atoms with Crippen LogP contribution in [0.25, 0.3) is 5.69 Å². The Kier molecular flexibility index (Phi) is 6.35. The van der Waals surface area contributed by atoms with E-state index >= 15 is 0 Å². The Morgan fingerprint density at radius 3 is 2.28 bits per heavy atom. The molecule has 168 valence electrons. The van der Waals surface area contributed by atoms with E-state index in [1.807, 2.05) is 37.3 Å². The van der Waals surface area contributed by atoms with E-state index in [9.17, 15) is 14.0 Å². The molecule has 1 aliphatic heterocycles. The quantitative estimate of drug-likeness (QED) is 0.550. The third kappa shape index (κ3) is 3.93. The van der Waals surface area contributed by atoms with Crippen molar-refractivity contribution in [2.75, 3.05) is 13.1 Å². The second-order valence-electron chi connectivity index (χ2n) is 8.38. The van der Waals surface area contributed by atoms with Crippen LogP contribution >= 0.6 is 11.6 Å². The fourth-order valence-electron chi connectivity index (χ4n) is 4.79. The first-order valence-electron chi connectivity index (χ1n) is 10.9. The Bertz CT molecular complexity index is 1160. The van der Waals surface area contributed by atoms with Gasteiger partial charge in [-0.15, -0.1) is 0 Å². The maximum Gasteiger partial charge on any atom is 0.290 e. The van der Waals surface area contributed by atoms with Crippen molar-refractivity contribution in [3.05, 3.63) is 87.0 Å². The topological polar surface area (TPSA) is 47.2 Å². The van der Waals surface area contributed by atoms with Crippen LogP contribution in [-0.4, -0.2) is 33.1 Å². The van der Waals surface area contributed by atoms with E-state index in [4.69, 9.17) is 11.6 Å². The fraction of sp³-hybridized carbons (Fsp3) is 0.360. The van der Waals surface area contributed by atoms with E-state index in [1.165, 1.54) is 16.8 Å². The average molecular weight is 456 g/mol. The summed E-state index contributed by atoms with van der Waals surface area (Å²) < 4.78 is 16.5. The van der Waals surface area contributed by atoms with Crippen molar-refractivity contribution < 1.29 is 9.18 Å². The molecule has 1 aromatic heterocycles. The van der Waals surface area contributed by atoms with Gasteiger partial charge in [-0.25, -0.2) is 9.07 Å². The van der Waals surface area contributed by atoms with Gasteiger partial charge in [-0.2, -0.15) is 0 Å². The van der Waals surface area contributed by atoms with Crippen molar-refractivity contribution in [1.82, 2.24) is 14.3 Å². The third-order valence-corrected chi connectivity index (χ3v) is 7.04. The molecule has 0 atom stereocenters. The molecule has 0 aliphatic carbocycles. The molecule has 0 radical (unpaired) electrons. The fourth-order valence-corrected chi connectivity index (χ4v) is 5.05. The van der Waals surface area contributed by atoms with Gasteiger partial charge >= 0.3 is 0 Å². The Balaban J connectivity index is 1.57. The number of rotatable bonds is 6. The Morgan fingerprint density at radius 2 is 1.69 bits per heavy atom. The highest BCUT2D eigenvalue weighted by molar-refractivity contribution is 6.31. The predicted octanol–water partition coefficient (Wildman–Crippen LogP) is 4.48. The van der Waals surface area contributed by atoms with Gasteiger partial charge < -0.3 is 0 Å². The molecule has 0 spiro atoms. The first-order chi connectivity index (χ1) is 15.4. The molecule has 7 heteroatoms. The number of ketones is 1. The number of piperidine rings is 1. The second kappa shape index (κ2) is 9.04. The molecule has 0 amide bonds. The van der Waals surface area contributed by atoms with Crippen LogP contribution < -0.4 is 5.56 Å². The molecule has 0 N–H and O–H groups in total. The molecule has 5 nitrogen and oxygen atoms in total. The minimum atomic E-state index is -0.456. The molecule has 4 rings (SSSR count). The van der Waals surface area contributed by atoms with Gasteiger partial charge in [0.2, 0.25) is 0 Å². The van der Waals surface area contributed by atoms with Gasteiger partial charge in [0.1, 0.15) is 16.6 Å². The van der Waals surface area contributed by atoms with E-state index in [0.29, 0.717) is 24.3 Å². The number of hydrogen-bond donors (Lipinski definition) is 0. The van der Waals surface area contributed by atoms with Crippen LogP contribution in [0.5, 0.6) is 0 Å². The van der Waals surface area contributed by atoms with E-state index in [2.05, 4.69) is 4.90 Å². The largest absolute Gasteiger partial charge is 0.299 e. The van der Waals surface area contributed by atoms with Crippen LogP contribution in [0, 0.1) is 5.82 Å². The molecule has 1 aliphatic rings. The smallest absolute Gasteiger partial charge is 0.290 e. The molecule has 0 bridgehead atoms. The summed E-state index contributed by atoms with van der Waals surface area (Å²) in [6, 6.07) is 15.8. The highest BCUT2D eigenvalue weighted by Crippen LogP contribution is 2.38. The van der Waals surface area contributed by atoms with Crippen LogP contribution in [0.4, 0.5) is 4.39 Å². The number of likely N-dealkylation sites (tertiary alicyclic amines) is 1. The number of Topliss-reactive ketones (excluding diaryl/α,β-unsaturated/α-hetero) is 1. The maximum absolute atomic E-state index is 13.3. The molecule has 3 aromatic rings. The lowest BCUT2D eigenvalue weighted by Crippen LogP contribution is -2.47. The average Bonchev–Trinajstić information content (AvgIpc) is 3.03. The Morgan fingerprint density at radius 1 is 1.06 bits per heavy atom. The number of halogens is 2. The van der Waals surface area contributed by atoms with Gasteiger partial charge in [0.25, 0.3) is 5.56 Å². The van der Waals surface area contributed by atoms with E-state index in [-0.39, 0.29) is 22.2 Å². The third-order valence-electron chi connectivity index (χ3n) is 6.66. The van der Waals surface area contributed by atoms with Gasteiger partial charge in [-0.3, -0.25) is 19.2 Å². The van der Waals surface area contributed by atoms with Gasteiger partial charge in [-0.1, -0.05) is 48.9 Å². The predicted molar refractivity (Wildman–Crippen MR) is 124 cm³/mol. The summed E-state index contributed by atoms with van der Waals surface area (Å²) >= 11 is 6.44. The van der Waals surface area contributed by atoms with Crippen molar-refractivity contribution in [2.45, 2.75) is 38.1 Å². The van der Waals surface area contributed by atoms with E-state index < -0.39 is 5.41 Å². The lowest BCUT2D eigenvalue weighted by atomic mass is 9.69. The molecule has 32 heavy (non-hydrogen) atoms. The molecule has 0 saturated carbocycles. The zero-order valence-corrected chi connectivity index (χ0v) is 19.1. The summed E-state index contributed by atoms with van der Waals surface area (Å²) in [6.45, 7) is 3.89. The zero-order valence-electron chi connectivity index (χ0n) is 18.4. The maximum atomic E-state index is 13.3. The minimum Gasteiger partial charge on any atom is -0.299 e. The Labute approximate surface area is 192 Å². The molecule has 1 fully saturated rings. The summed E-state index contributed by atoms with van der Waals surface area (Å²) in [5.74, 6) is -0.0876. The Hall–Kier alpha value is -2.70. The van der Waals surface area contributed by atoms with Crippen molar-refractivity contribution in [3.8, 4) is 5.69 Å². The van der Waals surface area contributed by atoms with Gasteiger partial charge in [-0.05, 0) is 55.8 Å². The summed E-state index contributed by atoms with van der Waals surface area (Å²) in [6.07, 6.45) is 1.97. The summed E-state index contributed by atoms with van der Waals surface area (Å²) in [4.78, 5) is 28.0. The first-order valence-corrected chi connectivity index (χ1v) is 11.3. The highest BCUT2D eigenvalue weighted by Gasteiger charge is 2.41. The molecule has 1 saturated heterocycles. The molecule has 2 aromatic carbocycles. The summed E-state index contributed by atoms with van der Waals surface area (Å²) in [5, 5.41) is 0.168. The zero-order chi connectivity index (χ0) is 22.9. The monoisotopic (exact) mass is 455 g/mol. The van der Waals surface area contributed by atoms with Crippen molar-refractivity contribution in [2.24, 2.45) is 7.05 Å². The molecular formula is C25H27ClFN3O2. The number of carbonyl (C=O) groups excluding carboxylic acids is 1. The summed E-state index contributed by atoms with van der Waals surface area (Å²) in [5.41, 5.74) is 1.56. The number of hydrogen-bond acceptors (Lipinski definition) is 3. The summed E-state index contributed by atoms with van der Waals surface area (Å²) in [7, 11) is 1.78. The molecular weight excluding hydrogens is 429 g/mol. The van der Waals surface area contributed by atoms with Crippen LogP contribution in [0.2, 0.25) is 5.02 Å². The van der Waals surface area contributed by atoms with E-state index in [0.717, 1.165) is 31.5 Å². The lowest BCUT2D eigenvalue weighted by molar-refractivity contribution is -0.126. The van der Waals surface area contributed by atoms with Gasteiger partial charge in [0, 0.05) is 20.0 Å². The normalized spacial score (nSPS) is 16.2. The standard InChI is InChI=1S/C25H27ClFN3O2/c1-3-22(31)25(18-7-5-4-6-8-18)13-15-29(16-14-25)17-21-23(26)24(32)30(28(21)2)20-11-9-19(27)10-12-20/h4-12H,3,13-17H2,1-2H3. The number of aromatic nitrogens is 2. The number of benzene rings is 2.